The average Bonchev–Trinajstić information content (AvgIpc) is 3.02. The molecule has 8 heteroatoms. The van der Waals surface area contributed by atoms with Crippen LogP contribution >= 0.6 is 0 Å². The molecule has 0 aliphatic heterocycles. The largest absolute Gasteiger partial charge is 0.478 e. The number of aromatic carboxylic acids is 1. The molecule has 2 aromatic heterocycles. The Balaban J connectivity index is 0.000000181. The van der Waals surface area contributed by atoms with Gasteiger partial charge < -0.3 is 5.11 Å². The van der Waals surface area contributed by atoms with Crippen molar-refractivity contribution >= 4 is 5.97 Å². The Bertz CT molecular complexity index is 828. The molecule has 1 N–H and O–H groups in total. The molecule has 0 fully saturated rings. The second kappa shape index (κ2) is 7.61. The number of benzene rings is 1. The first-order valence-corrected chi connectivity index (χ1v) is 7.08. The number of pyridine rings is 1. The van der Waals surface area contributed by atoms with Crippen LogP contribution in [0.25, 0.3) is 11.3 Å². The number of halogens is 3. The molecule has 0 unspecified atom stereocenters. The fourth-order valence-corrected chi connectivity index (χ4v) is 1.89. The first-order valence-electron chi connectivity index (χ1n) is 7.08. The number of alkyl halides is 3. The Kier molecular flexibility index (Phi) is 5.53. The molecule has 3 aromatic rings. The normalized spacial score (nSPS) is 10.7. The molecule has 0 bridgehead atoms. The van der Waals surface area contributed by atoms with E-state index in [-0.39, 0.29) is 5.56 Å². The highest BCUT2D eigenvalue weighted by molar-refractivity contribution is 5.87. The van der Waals surface area contributed by atoms with E-state index >= 15 is 0 Å². The number of carbonyl (C=O) groups is 1. The molecule has 0 spiro atoms. The van der Waals surface area contributed by atoms with Crippen molar-refractivity contribution in [3.8, 4) is 11.3 Å². The Morgan fingerprint density at radius 1 is 1.12 bits per heavy atom. The minimum absolute atomic E-state index is 0.159. The molecule has 5 nitrogen and oxygen atoms in total. The molecule has 0 radical (unpaired) electrons. The molecule has 1 aromatic carbocycles. The molecule has 0 aliphatic rings. The molecule has 0 saturated carbocycles. The maximum absolute atomic E-state index is 12.0. The SMILES string of the molecule is Cn1ccc(-c2cccnc2)n1.O=C(O)c1ccc(C(F)(F)F)cc1. The third kappa shape index (κ3) is 5.17. The number of rotatable bonds is 2. The van der Waals surface area contributed by atoms with Crippen molar-refractivity contribution in [1.29, 1.82) is 0 Å². The lowest BCUT2D eigenvalue weighted by Crippen LogP contribution is -2.05. The molecule has 0 amide bonds. The van der Waals surface area contributed by atoms with Gasteiger partial charge in [-0.15, -0.1) is 0 Å². The number of hydrogen-bond acceptors (Lipinski definition) is 3. The summed E-state index contributed by atoms with van der Waals surface area (Å²) in [6, 6.07) is 9.19. The summed E-state index contributed by atoms with van der Waals surface area (Å²) < 4.78 is 37.7. The fourth-order valence-electron chi connectivity index (χ4n) is 1.89. The number of aromatic nitrogens is 3. The highest BCUT2D eigenvalue weighted by atomic mass is 19.4. The zero-order valence-corrected chi connectivity index (χ0v) is 13.1. The molecule has 130 valence electrons. The second-order valence-electron chi connectivity index (χ2n) is 5.00. The van der Waals surface area contributed by atoms with Gasteiger partial charge in [-0.2, -0.15) is 18.3 Å². The van der Waals surface area contributed by atoms with E-state index in [1.807, 2.05) is 37.6 Å². The van der Waals surface area contributed by atoms with Crippen LogP contribution in [0.3, 0.4) is 0 Å². The van der Waals surface area contributed by atoms with Gasteiger partial charge in [0, 0.05) is 31.2 Å². The predicted octanol–water partition coefficient (Wildman–Crippen LogP) is 3.89. The van der Waals surface area contributed by atoms with E-state index in [0.717, 1.165) is 35.5 Å². The van der Waals surface area contributed by atoms with Gasteiger partial charge >= 0.3 is 12.1 Å². The van der Waals surface area contributed by atoms with Crippen molar-refractivity contribution in [2.45, 2.75) is 6.18 Å². The lowest BCUT2D eigenvalue weighted by atomic mass is 10.1. The molecule has 0 saturated heterocycles. The van der Waals surface area contributed by atoms with Gasteiger partial charge in [-0.1, -0.05) is 0 Å². The van der Waals surface area contributed by atoms with E-state index < -0.39 is 17.7 Å². The predicted molar refractivity (Wildman–Crippen MR) is 84.8 cm³/mol. The van der Waals surface area contributed by atoms with Crippen LogP contribution in [0, 0.1) is 0 Å². The Hall–Kier alpha value is -3.16. The summed E-state index contributed by atoms with van der Waals surface area (Å²) in [5.74, 6) is -1.24. The molecule has 0 atom stereocenters. The highest BCUT2D eigenvalue weighted by Crippen LogP contribution is 2.28. The second-order valence-corrected chi connectivity index (χ2v) is 5.00. The van der Waals surface area contributed by atoms with Gasteiger partial charge in [-0.05, 0) is 42.5 Å². The van der Waals surface area contributed by atoms with E-state index in [4.69, 9.17) is 5.11 Å². The lowest BCUT2D eigenvalue weighted by Gasteiger charge is -2.05. The van der Waals surface area contributed by atoms with Gasteiger partial charge in [0.05, 0.1) is 16.8 Å². The lowest BCUT2D eigenvalue weighted by molar-refractivity contribution is -0.137. The Labute approximate surface area is 141 Å². The number of nitrogens with zero attached hydrogens (tertiary/aromatic N) is 3. The maximum Gasteiger partial charge on any atom is 0.416 e. The fraction of sp³-hybridized carbons (Fsp3) is 0.118. The summed E-state index contributed by atoms with van der Waals surface area (Å²) in [5.41, 5.74) is 1.01. The average molecular weight is 349 g/mol. The minimum atomic E-state index is -4.42. The Morgan fingerprint density at radius 2 is 1.80 bits per heavy atom. The topological polar surface area (TPSA) is 68.0 Å². The van der Waals surface area contributed by atoms with Crippen molar-refractivity contribution < 1.29 is 23.1 Å². The third-order valence-electron chi connectivity index (χ3n) is 3.13. The van der Waals surface area contributed by atoms with E-state index in [1.165, 1.54) is 0 Å². The summed E-state index contributed by atoms with van der Waals surface area (Å²) in [7, 11) is 1.90. The zero-order chi connectivity index (χ0) is 18.4. The van der Waals surface area contributed by atoms with Crippen molar-refractivity contribution in [3.05, 3.63) is 72.2 Å². The number of hydrogen-bond donors (Lipinski definition) is 1. The smallest absolute Gasteiger partial charge is 0.416 e. The Morgan fingerprint density at radius 3 is 2.24 bits per heavy atom. The van der Waals surface area contributed by atoms with Crippen LogP contribution in [0.4, 0.5) is 13.2 Å². The van der Waals surface area contributed by atoms with E-state index in [9.17, 15) is 18.0 Å². The first-order chi connectivity index (χ1) is 11.8. The van der Waals surface area contributed by atoms with E-state index in [1.54, 1.807) is 10.9 Å². The van der Waals surface area contributed by atoms with Crippen molar-refractivity contribution in [1.82, 2.24) is 14.8 Å². The monoisotopic (exact) mass is 349 g/mol. The maximum atomic E-state index is 12.0. The summed E-state index contributed by atoms with van der Waals surface area (Å²) in [6.07, 6.45) is 1.06. The summed E-state index contributed by atoms with van der Waals surface area (Å²) in [5, 5.41) is 12.7. The van der Waals surface area contributed by atoms with Crippen molar-refractivity contribution in [2.75, 3.05) is 0 Å². The number of carboxylic acids is 1. The van der Waals surface area contributed by atoms with Crippen LogP contribution in [-0.2, 0) is 13.2 Å². The van der Waals surface area contributed by atoms with Gasteiger partial charge in [-0.25, -0.2) is 4.79 Å². The van der Waals surface area contributed by atoms with Gasteiger partial charge in [0.2, 0.25) is 0 Å². The van der Waals surface area contributed by atoms with E-state index in [2.05, 4.69) is 10.1 Å². The van der Waals surface area contributed by atoms with Crippen LogP contribution < -0.4 is 0 Å². The first kappa shape index (κ1) is 18.2. The molecule has 0 aliphatic carbocycles. The van der Waals surface area contributed by atoms with Gasteiger partial charge in [-0.3, -0.25) is 9.67 Å². The molecular formula is C17H14F3N3O2. The van der Waals surface area contributed by atoms with Crippen LogP contribution in [0.1, 0.15) is 15.9 Å². The molecule has 3 rings (SSSR count). The van der Waals surface area contributed by atoms with Crippen LogP contribution in [-0.4, -0.2) is 25.8 Å². The third-order valence-corrected chi connectivity index (χ3v) is 3.13. The molecular weight excluding hydrogens is 335 g/mol. The molecule has 25 heavy (non-hydrogen) atoms. The van der Waals surface area contributed by atoms with Gasteiger partial charge in [0.25, 0.3) is 0 Å². The quantitative estimate of drug-likeness (QED) is 0.762. The number of aryl methyl sites for hydroxylation is 1. The van der Waals surface area contributed by atoms with Crippen molar-refractivity contribution in [2.24, 2.45) is 7.05 Å². The van der Waals surface area contributed by atoms with Crippen LogP contribution in [0.2, 0.25) is 0 Å². The summed E-state index contributed by atoms with van der Waals surface area (Å²) >= 11 is 0. The van der Waals surface area contributed by atoms with Crippen LogP contribution in [0.15, 0.2) is 61.1 Å². The van der Waals surface area contributed by atoms with Crippen molar-refractivity contribution in [3.63, 3.8) is 0 Å². The standard InChI is InChI=1S/C9H9N3.C8H5F3O2/c1-12-6-4-9(11-12)8-3-2-5-10-7-8;9-8(10,11)6-3-1-5(2-4-6)7(12)13/h2-7H,1H3;1-4H,(H,12,13). The molecule has 2 heterocycles. The number of carboxylic acid groups (broad SMARTS) is 1. The van der Waals surface area contributed by atoms with Crippen LogP contribution in [0.5, 0.6) is 0 Å². The summed E-state index contributed by atoms with van der Waals surface area (Å²) in [6.45, 7) is 0. The van der Waals surface area contributed by atoms with Gasteiger partial charge in [0.1, 0.15) is 0 Å². The zero-order valence-electron chi connectivity index (χ0n) is 13.1. The summed E-state index contributed by atoms with van der Waals surface area (Å²) in [4.78, 5) is 14.3. The van der Waals surface area contributed by atoms with E-state index in [0.29, 0.717) is 0 Å². The highest BCUT2D eigenvalue weighted by Gasteiger charge is 2.30. The minimum Gasteiger partial charge on any atom is -0.478 e. The van der Waals surface area contributed by atoms with Gasteiger partial charge in [0.15, 0.2) is 0 Å².